The number of halogens is 3. The predicted molar refractivity (Wildman–Crippen MR) is 65.5 cm³/mol. The zero-order valence-corrected chi connectivity index (χ0v) is 10.6. The molecule has 106 valence electrons. The number of ether oxygens (including phenoxy) is 1. The quantitative estimate of drug-likeness (QED) is 0.875. The third-order valence-electron chi connectivity index (χ3n) is 3.24. The molecular formula is C13H12F3N3O. The molecule has 0 amide bonds. The third kappa shape index (κ3) is 1.94. The molecule has 0 radical (unpaired) electrons. The Balaban J connectivity index is 2.10. The Hall–Kier alpha value is -2.02. The third-order valence-corrected chi connectivity index (χ3v) is 3.24. The fourth-order valence-electron chi connectivity index (χ4n) is 2.27. The maximum atomic E-state index is 12.7. The van der Waals surface area contributed by atoms with Crippen LogP contribution >= 0.6 is 0 Å². The van der Waals surface area contributed by atoms with Gasteiger partial charge in [0, 0.05) is 6.04 Å². The Morgan fingerprint density at radius 3 is 2.80 bits per heavy atom. The molecule has 1 aromatic heterocycles. The highest BCUT2D eigenvalue weighted by Crippen LogP contribution is 2.37. The summed E-state index contributed by atoms with van der Waals surface area (Å²) in [6, 6.07) is 3.16. The smallest absolute Gasteiger partial charge is 0.416 e. The molecule has 0 saturated heterocycles. The van der Waals surface area contributed by atoms with E-state index in [0.29, 0.717) is 11.4 Å². The second-order valence-electron chi connectivity index (χ2n) is 4.70. The first-order chi connectivity index (χ1) is 9.38. The van der Waals surface area contributed by atoms with Gasteiger partial charge in [0.2, 0.25) is 0 Å². The Morgan fingerprint density at radius 2 is 2.15 bits per heavy atom. The molecule has 20 heavy (non-hydrogen) atoms. The maximum Gasteiger partial charge on any atom is 0.416 e. The fraction of sp³-hybridized carbons (Fsp3) is 0.308. The molecule has 1 aromatic carbocycles. The number of imidazole rings is 1. The lowest BCUT2D eigenvalue weighted by Crippen LogP contribution is -2.17. The van der Waals surface area contributed by atoms with Crippen molar-refractivity contribution >= 4 is 0 Å². The summed E-state index contributed by atoms with van der Waals surface area (Å²) in [5.41, 5.74) is 7.08. The van der Waals surface area contributed by atoms with Gasteiger partial charge < -0.3 is 10.5 Å². The first kappa shape index (κ1) is 13.0. The maximum absolute atomic E-state index is 12.7. The van der Waals surface area contributed by atoms with Crippen molar-refractivity contribution in [3.8, 4) is 11.4 Å². The Morgan fingerprint density at radius 1 is 1.40 bits per heavy atom. The Labute approximate surface area is 113 Å². The van der Waals surface area contributed by atoms with Crippen molar-refractivity contribution in [3.63, 3.8) is 0 Å². The number of fused-ring (bicyclic) bond motifs is 3. The number of nitrogens with zero attached hydrogens (tertiary/aromatic N) is 2. The van der Waals surface area contributed by atoms with Crippen LogP contribution in [0.5, 0.6) is 5.75 Å². The highest BCUT2D eigenvalue weighted by atomic mass is 19.4. The number of rotatable bonds is 1. The number of hydrogen-bond acceptors (Lipinski definition) is 3. The average Bonchev–Trinajstić information content (AvgIpc) is 2.81. The van der Waals surface area contributed by atoms with Crippen LogP contribution in [0.3, 0.4) is 0 Å². The van der Waals surface area contributed by atoms with Crippen molar-refractivity contribution in [2.24, 2.45) is 5.73 Å². The standard InChI is InChI=1S/C13H12F3N3O/c1-7(17)12-10-5-20-11-4-8(13(14,15)16)2-3-9(11)19(10)6-18-12/h2-4,6-7H,5,17H2,1H3/t7-/m0/s1. The van der Waals surface area contributed by atoms with Crippen molar-refractivity contribution in [2.45, 2.75) is 25.7 Å². The first-order valence-corrected chi connectivity index (χ1v) is 6.04. The van der Waals surface area contributed by atoms with E-state index in [1.165, 1.54) is 6.07 Å². The van der Waals surface area contributed by atoms with Gasteiger partial charge >= 0.3 is 6.18 Å². The van der Waals surface area contributed by atoms with Crippen molar-refractivity contribution in [3.05, 3.63) is 41.5 Å². The minimum Gasteiger partial charge on any atom is -0.485 e. The summed E-state index contributed by atoms with van der Waals surface area (Å²) >= 11 is 0. The predicted octanol–water partition coefficient (Wildman–Crippen LogP) is 2.80. The van der Waals surface area contributed by atoms with Gasteiger partial charge in [0.25, 0.3) is 0 Å². The summed E-state index contributed by atoms with van der Waals surface area (Å²) in [4.78, 5) is 4.20. The normalized spacial score (nSPS) is 15.2. The minimum absolute atomic E-state index is 0.158. The summed E-state index contributed by atoms with van der Waals surface area (Å²) in [6.07, 6.45) is -2.83. The van der Waals surface area contributed by atoms with Gasteiger partial charge in [0.1, 0.15) is 18.7 Å². The molecule has 1 atom stereocenters. The molecule has 0 aliphatic carbocycles. The summed E-state index contributed by atoms with van der Waals surface area (Å²) < 4.78 is 45.2. The lowest BCUT2D eigenvalue weighted by Gasteiger charge is -2.22. The van der Waals surface area contributed by atoms with E-state index in [4.69, 9.17) is 10.5 Å². The van der Waals surface area contributed by atoms with E-state index in [9.17, 15) is 13.2 Å². The summed E-state index contributed by atoms with van der Waals surface area (Å²) in [5, 5.41) is 0. The number of benzene rings is 1. The second kappa shape index (κ2) is 4.24. The van der Waals surface area contributed by atoms with Gasteiger partial charge in [-0.25, -0.2) is 4.98 Å². The van der Waals surface area contributed by atoms with Crippen LogP contribution in [0.4, 0.5) is 13.2 Å². The molecule has 7 heteroatoms. The molecule has 0 spiro atoms. The van der Waals surface area contributed by atoms with E-state index in [2.05, 4.69) is 4.98 Å². The molecule has 2 heterocycles. The number of nitrogens with two attached hydrogens (primary N) is 1. The van der Waals surface area contributed by atoms with Crippen molar-refractivity contribution < 1.29 is 17.9 Å². The Bertz CT molecular complexity index is 661. The van der Waals surface area contributed by atoms with E-state index in [1.54, 1.807) is 17.8 Å². The number of hydrogen-bond donors (Lipinski definition) is 1. The minimum atomic E-state index is -4.38. The van der Waals surface area contributed by atoms with Crippen molar-refractivity contribution in [1.29, 1.82) is 0 Å². The lowest BCUT2D eigenvalue weighted by molar-refractivity contribution is -0.137. The van der Waals surface area contributed by atoms with Gasteiger partial charge in [-0.1, -0.05) is 0 Å². The second-order valence-corrected chi connectivity index (χ2v) is 4.70. The van der Waals surface area contributed by atoms with Gasteiger partial charge in [-0.05, 0) is 25.1 Å². The molecule has 1 aliphatic rings. The average molecular weight is 283 g/mol. The first-order valence-electron chi connectivity index (χ1n) is 6.04. The lowest BCUT2D eigenvalue weighted by atomic mass is 10.1. The van der Waals surface area contributed by atoms with Crippen LogP contribution in [0.1, 0.15) is 29.9 Å². The van der Waals surface area contributed by atoms with E-state index >= 15 is 0 Å². The zero-order valence-electron chi connectivity index (χ0n) is 10.6. The topological polar surface area (TPSA) is 53.1 Å². The van der Waals surface area contributed by atoms with Gasteiger partial charge in [0.15, 0.2) is 0 Å². The van der Waals surface area contributed by atoms with Crippen LogP contribution in [-0.4, -0.2) is 9.55 Å². The van der Waals surface area contributed by atoms with Crippen LogP contribution in [-0.2, 0) is 12.8 Å². The molecule has 2 N–H and O–H groups in total. The van der Waals surface area contributed by atoms with E-state index in [0.717, 1.165) is 17.8 Å². The van der Waals surface area contributed by atoms with Crippen molar-refractivity contribution in [1.82, 2.24) is 9.55 Å². The molecule has 0 saturated carbocycles. The highest BCUT2D eigenvalue weighted by Gasteiger charge is 2.32. The van der Waals surface area contributed by atoms with Gasteiger partial charge in [0.05, 0.1) is 22.6 Å². The van der Waals surface area contributed by atoms with Crippen LogP contribution in [0.25, 0.3) is 5.69 Å². The molecule has 0 bridgehead atoms. The molecule has 1 aliphatic heterocycles. The molecule has 0 fully saturated rings. The van der Waals surface area contributed by atoms with Crippen molar-refractivity contribution in [2.75, 3.05) is 0 Å². The van der Waals surface area contributed by atoms with Gasteiger partial charge in [-0.3, -0.25) is 4.57 Å². The molecule has 2 aromatic rings. The van der Waals surface area contributed by atoms with Crippen LogP contribution < -0.4 is 10.5 Å². The molecule has 0 unspecified atom stereocenters. The zero-order chi connectivity index (χ0) is 14.5. The van der Waals surface area contributed by atoms with Gasteiger partial charge in [-0.15, -0.1) is 0 Å². The fourth-order valence-corrected chi connectivity index (χ4v) is 2.27. The van der Waals surface area contributed by atoms with Crippen LogP contribution in [0, 0.1) is 0 Å². The number of alkyl halides is 3. The monoisotopic (exact) mass is 283 g/mol. The highest BCUT2D eigenvalue weighted by molar-refractivity contribution is 5.52. The summed E-state index contributed by atoms with van der Waals surface area (Å²) in [7, 11) is 0. The molecule has 3 rings (SSSR count). The largest absolute Gasteiger partial charge is 0.485 e. The number of aromatic nitrogens is 2. The summed E-state index contributed by atoms with van der Waals surface area (Å²) in [5.74, 6) is 0.195. The van der Waals surface area contributed by atoms with E-state index in [1.807, 2.05) is 0 Å². The SMILES string of the molecule is C[C@H](N)c1ncn2c1COc1cc(C(F)(F)F)ccc1-2. The van der Waals surface area contributed by atoms with E-state index in [-0.39, 0.29) is 18.4 Å². The Kier molecular flexibility index (Phi) is 2.75. The van der Waals surface area contributed by atoms with Crippen LogP contribution in [0.2, 0.25) is 0 Å². The molecular weight excluding hydrogens is 271 g/mol. The van der Waals surface area contributed by atoms with E-state index < -0.39 is 11.7 Å². The summed E-state index contributed by atoms with van der Waals surface area (Å²) in [6.45, 7) is 1.95. The van der Waals surface area contributed by atoms with Gasteiger partial charge in [-0.2, -0.15) is 13.2 Å². The molecule has 4 nitrogen and oxygen atoms in total. The van der Waals surface area contributed by atoms with Crippen LogP contribution in [0.15, 0.2) is 24.5 Å².